The van der Waals surface area contributed by atoms with Gasteiger partial charge in [0.1, 0.15) is 17.0 Å². The zero-order chi connectivity index (χ0) is 19.7. The molecule has 4 rings (SSSR count). The monoisotopic (exact) mass is 385 g/mol. The van der Waals surface area contributed by atoms with Crippen LogP contribution in [0.2, 0.25) is 0 Å². The van der Waals surface area contributed by atoms with Crippen LogP contribution in [0.25, 0.3) is 27.8 Å². The van der Waals surface area contributed by atoms with Gasteiger partial charge in [0.25, 0.3) is 12.3 Å². The minimum absolute atomic E-state index is 0.189. The summed E-state index contributed by atoms with van der Waals surface area (Å²) in [6.07, 6.45) is 2.32. The summed E-state index contributed by atoms with van der Waals surface area (Å²) in [5, 5.41) is 3.09. The number of nitrogens with one attached hydrogen (secondary N) is 2. The van der Waals surface area contributed by atoms with Crippen molar-refractivity contribution in [3.8, 4) is 17.0 Å². The van der Waals surface area contributed by atoms with E-state index in [4.69, 9.17) is 4.74 Å². The van der Waals surface area contributed by atoms with Crippen molar-refractivity contribution in [2.45, 2.75) is 13.3 Å². The van der Waals surface area contributed by atoms with E-state index >= 15 is 0 Å². The Hall–Kier alpha value is -3.49. The van der Waals surface area contributed by atoms with Crippen molar-refractivity contribution < 1.29 is 18.3 Å². The second-order valence-corrected chi connectivity index (χ2v) is 6.07. The van der Waals surface area contributed by atoms with Crippen LogP contribution in [-0.2, 0) is 0 Å². The summed E-state index contributed by atoms with van der Waals surface area (Å²) >= 11 is 0. The van der Waals surface area contributed by atoms with Crippen molar-refractivity contribution in [1.29, 1.82) is 0 Å². The molecule has 28 heavy (non-hydrogen) atoms. The average Bonchev–Trinajstić information content (AvgIpc) is 3.29. The van der Waals surface area contributed by atoms with Gasteiger partial charge in [0, 0.05) is 35.0 Å². The van der Waals surface area contributed by atoms with Gasteiger partial charge >= 0.3 is 0 Å². The zero-order valence-corrected chi connectivity index (χ0v) is 14.9. The maximum absolute atomic E-state index is 12.4. The fourth-order valence-corrected chi connectivity index (χ4v) is 3.02. The largest absolute Gasteiger partial charge is 0.478 e. The quantitative estimate of drug-likeness (QED) is 0.534. The number of aromatic amines is 1. The molecule has 4 heterocycles. The molecule has 0 unspecified atom stereocenters. The van der Waals surface area contributed by atoms with Gasteiger partial charge in [-0.1, -0.05) is 0 Å². The van der Waals surface area contributed by atoms with Crippen LogP contribution < -0.4 is 10.1 Å². The van der Waals surface area contributed by atoms with Gasteiger partial charge in [-0.15, -0.1) is 0 Å². The summed E-state index contributed by atoms with van der Waals surface area (Å²) in [7, 11) is 0. The highest BCUT2D eigenvalue weighted by Gasteiger charge is 2.15. The molecule has 0 saturated carbocycles. The van der Waals surface area contributed by atoms with E-state index in [0.29, 0.717) is 23.8 Å². The number of pyridine rings is 2. The molecule has 0 bridgehead atoms. The van der Waals surface area contributed by atoms with Crippen LogP contribution in [0.1, 0.15) is 17.4 Å². The second kappa shape index (κ2) is 7.26. The first-order valence-electron chi connectivity index (χ1n) is 8.71. The molecule has 4 aromatic rings. The Morgan fingerprint density at radius 2 is 2.18 bits per heavy atom. The lowest BCUT2D eigenvalue weighted by Crippen LogP contribution is -2.29. The molecule has 0 spiro atoms. The van der Waals surface area contributed by atoms with E-state index in [1.165, 1.54) is 6.20 Å². The topological polar surface area (TPSA) is 84.3 Å². The van der Waals surface area contributed by atoms with Gasteiger partial charge < -0.3 is 15.0 Å². The summed E-state index contributed by atoms with van der Waals surface area (Å²) in [4.78, 5) is 23.9. The predicted molar refractivity (Wildman–Crippen MR) is 99.8 cm³/mol. The van der Waals surface area contributed by atoms with Crippen LogP contribution in [0.3, 0.4) is 0 Å². The summed E-state index contributed by atoms with van der Waals surface area (Å²) in [6, 6.07) is 7.35. The van der Waals surface area contributed by atoms with E-state index in [1.807, 2.05) is 25.3 Å². The minimum atomic E-state index is -2.61. The lowest BCUT2D eigenvalue weighted by atomic mass is 10.1. The summed E-state index contributed by atoms with van der Waals surface area (Å²) in [5.41, 5.74) is 3.13. The number of ether oxygens (including phenoxy) is 1. The number of hydrogen-bond acceptors (Lipinski definition) is 4. The van der Waals surface area contributed by atoms with E-state index in [1.54, 1.807) is 22.7 Å². The number of halogens is 2. The number of alkyl halides is 2. The molecule has 1 amide bonds. The molecular weight excluding hydrogens is 368 g/mol. The van der Waals surface area contributed by atoms with E-state index in [-0.39, 0.29) is 5.69 Å². The van der Waals surface area contributed by atoms with Crippen molar-refractivity contribution in [3.63, 3.8) is 0 Å². The third-order valence-corrected chi connectivity index (χ3v) is 4.27. The Balaban J connectivity index is 1.72. The van der Waals surface area contributed by atoms with Crippen LogP contribution in [0, 0.1) is 0 Å². The molecule has 0 radical (unpaired) electrons. The molecule has 0 atom stereocenters. The second-order valence-electron chi connectivity index (χ2n) is 6.07. The maximum atomic E-state index is 12.4. The highest BCUT2D eigenvalue weighted by Crippen LogP contribution is 2.29. The Morgan fingerprint density at radius 3 is 2.96 bits per heavy atom. The molecule has 7 nitrogen and oxygen atoms in total. The molecule has 4 aromatic heterocycles. The van der Waals surface area contributed by atoms with Gasteiger partial charge in [0.2, 0.25) is 5.88 Å². The Morgan fingerprint density at radius 1 is 1.32 bits per heavy atom. The molecular formula is C19H17F2N5O2. The highest BCUT2D eigenvalue weighted by atomic mass is 19.3. The normalized spacial score (nSPS) is 11.4. The number of H-pyrrole nitrogens is 1. The third kappa shape index (κ3) is 3.26. The molecule has 0 aliphatic heterocycles. The Labute approximate surface area is 158 Å². The summed E-state index contributed by atoms with van der Waals surface area (Å²) in [5.74, 6) is -0.0710. The molecule has 0 aromatic carbocycles. The number of imidazole rings is 1. The molecule has 0 fully saturated rings. The van der Waals surface area contributed by atoms with Gasteiger partial charge in [-0.2, -0.15) is 4.98 Å². The number of carbonyl (C=O) groups is 1. The first-order chi connectivity index (χ1) is 13.6. The minimum Gasteiger partial charge on any atom is -0.478 e. The van der Waals surface area contributed by atoms with Crippen LogP contribution in [0.4, 0.5) is 8.78 Å². The average molecular weight is 385 g/mol. The molecule has 144 valence electrons. The zero-order valence-electron chi connectivity index (χ0n) is 14.9. The fraction of sp³-hybridized carbons (Fsp3) is 0.211. The SMILES string of the molecule is CCOc1ccc2c(-c3ccc4ncc(C(=O)NCC(F)F)n4c3)c[nH]c2n1. The van der Waals surface area contributed by atoms with E-state index in [2.05, 4.69) is 20.3 Å². The van der Waals surface area contributed by atoms with E-state index in [9.17, 15) is 13.6 Å². The van der Waals surface area contributed by atoms with E-state index in [0.717, 1.165) is 16.5 Å². The molecule has 2 N–H and O–H groups in total. The summed E-state index contributed by atoms with van der Waals surface area (Å²) < 4.78 is 31.7. The Kier molecular flexibility index (Phi) is 4.64. The number of aromatic nitrogens is 4. The van der Waals surface area contributed by atoms with Crippen molar-refractivity contribution in [2.75, 3.05) is 13.2 Å². The molecule has 0 aliphatic rings. The van der Waals surface area contributed by atoms with Gasteiger partial charge in [-0.25, -0.2) is 13.8 Å². The number of rotatable bonds is 6. The van der Waals surface area contributed by atoms with E-state index < -0.39 is 18.9 Å². The number of amides is 1. The smallest absolute Gasteiger partial charge is 0.270 e. The van der Waals surface area contributed by atoms with Crippen LogP contribution in [0.15, 0.2) is 42.9 Å². The number of nitrogens with zero attached hydrogens (tertiary/aromatic N) is 3. The standard InChI is InChI=1S/C19H17F2N5O2/c1-2-28-17-6-4-12-13(7-23-18(12)25-17)11-3-5-16-22-8-14(26(16)10-11)19(27)24-9-15(20)21/h3-8,10,15H,2,9H2,1H3,(H,23,25)(H,24,27). The maximum Gasteiger partial charge on any atom is 0.270 e. The van der Waals surface area contributed by atoms with Gasteiger partial charge in [-0.3, -0.25) is 9.20 Å². The number of hydrogen-bond donors (Lipinski definition) is 2. The third-order valence-electron chi connectivity index (χ3n) is 4.27. The lowest BCUT2D eigenvalue weighted by molar-refractivity contribution is 0.0886. The van der Waals surface area contributed by atoms with Crippen molar-refractivity contribution in [3.05, 3.63) is 48.5 Å². The summed E-state index contributed by atoms with van der Waals surface area (Å²) in [6.45, 7) is 1.71. The molecule has 0 aliphatic carbocycles. The van der Waals surface area contributed by atoms with Crippen molar-refractivity contribution in [2.24, 2.45) is 0 Å². The van der Waals surface area contributed by atoms with Gasteiger partial charge in [0.05, 0.1) is 19.3 Å². The molecule has 0 saturated heterocycles. The van der Waals surface area contributed by atoms with Crippen LogP contribution in [0.5, 0.6) is 5.88 Å². The van der Waals surface area contributed by atoms with Crippen molar-refractivity contribution >= 4 is 22.6 Å². The first-order valence-corrected chi connectivity index (χ1v) is 8.71. The van der Waals surface area contributed by atoms with Gasteiger partial charge in [0.15, 0.2) is 0 Å². The predicted octanol–water partition coefficient (Wildman–Crippen LogP) is 3.27. The highest BCUT2D eigenvalue weighted by molar-refractivity contribution is 5.95. The Bertz CT molecular complexity index is 1150. The van der Waals surface area contributed by atoms with Crippen molar-refractivity contribution in [1.82, 2.24) is 24.7 Å². The number of fused-ring (bicyclic) bond motifs is 2. The van der Waals surface area contributed by atoms with Crippen LogP contribution in [-0.4, -0.2) is 44.8 Å². The fourth-order valence-electron chi connectivity index (χ4n) is 3.02. The lowest BCUT2D eigenvalue weighted by Gasteiger charge is -2.06. The van der Waals surface area contributed by atoms with Gasteiger partial charge in [-0.05, 0) is 25.1 Å². The molecule has 9 heteroatoms. The first kappa shape index (κ1) is 17.9. The van der Waals surface area contributed by atoms with Crippen LogP contribution >= 0.6 is 0 Å². The number of carbonyl (C=O) groups excluding carboxylic acids is 1.